The summed E-state index contributed by atoms with van der Waals surface area (Å²) in [6, 6.07) is 10.6. The van der Waals surface area contributed by atoms with Crippen molar-refractivity contribution in [2.45, 2.75) is 32.4 Å². The number of nitrogens with zero attached hydrogens (tertiary/aromatic N) is 4. The zero-order chi connectivity index (χ0) is 20.2. The fraction of sp³-hybridized carbons (Fsp3) is 0.350. The van der Waals surface area contributed by atoms with Crippen LogP contribution in [0.4, 0.5) is 20.3 Å². The molecule has 1 aliphatic rings. The molecule has 7 nitrogen and oxygen atoms in total. The van der Waals surface area contributed by atoms with E-state index in [1.165, 1.54) is 0 Å². The highest BCUT2D eigenvalue weighted by Gasteiger charge is 2.22. The van der Waals surface area contributed by atoms with Crippen molar-refractivity contribution in [2.24, 2.45) is 0 Å². The van der Waals surface area contributed by atoms with E-state index in [1.54, 1.807) is 37.4 Å². The predicted molar refractivity (Wildman–Crippen MR) is 104 cm³/mol. The number of benzene rings is 1. The topological polar surface area (TPSA) is 76.3 Å². The molecule has 0 bridgehead atoms. The summed E-state index contributed by atoms with van der Waals surface area (Å²) in [4.78, 5) is 11.0. The van der Waals surface area contributed by atoms with Crippen LogP contribution in [0.3, 0.4) is 0 Å². The Bertz CT molecular complexity index is 948. The highest BCUT2D eigenvalue weighted by molar-refractivity contribution is 5.69. The van der Waals surface area contributed by atoms with Crippen LogP contribution < -0.4 is 15.0 Å². The first-order chi connectivity index (χ1) is 14.1. The number of ether oxygens (including phenoxy) is 1. The predicted octanol–water partition coefficient (Wildman–Crippen LogP) is 4.12. The summed E-state index contributed by atoms with van der Waals surface area (Å²) in [5.74, 6) is 1.85. The van der Waals surface area contributed by atoms with Gasteiger partial charge in [-0.2, -0.15) is 13.8 Å². The maximum atomic E-state index is 12.3. The molecule has 3 aromatic rings. The van der Waals surface area contributed by atoms with Crippen LogP contribution in [-0.2, 0) is 0 Å². The smallest absolute Gasteiger partial charge is 0.387 e. The largest absolute Gasteiger partial charge is 0.435 e. The van der Waals surface area contributed by atoms with Crippen molar-refractivity contribution >= 4 is 11.5 Å². The van der Waals surface area contributed by atoms with Gasteiger partial charge in [-0.25, -0.2) is 4.98 Å². The fourth-order valence-corrected chi connectivity index (χ4v) is 3.46. The van der Waals surface area contributed by atoms with Crippen LogP contribution in [0.15, 0.2) is 47.1 Å². The molecule has 0 aliphatic carbocycles. The Labute approximate surface area is 166 Å². The second kappa shape index (κ2) is 8.42. The van der Waals surface area contributed by atoms with Gasteiger partial charge >= 0.3 is 6.61 Å². The lowest BCUT2D eigenvalue weighted by atomic mass is 10.0. The molecule has 1 atom stereocenters. The molecule has 4 rings (SSSR count). The van der Waals surface area contributed by atoms with E-state index in [4.69, 9.17) is 4.52 Å². The molecule has 1 fully saturated rings. The van der Waals surface area contributed by atoms with Crippen LogP contribution in [0, 0.1) is 6.92 Å². The first-order valence-electron chi connectivity index (χ1n) is 9.40. The molecule has 3 heterocycles. The lowest BCUT2D eigenvalue weighted by Crippen LogP contribution is -2.42. The van der Waals surface area contributed by atoms with Gasteiger partial charge in [-0.05, 0) is 56.2 Å². The minimum absolute atomic E-state index is 0.156. The first-order valence-corrected chi connectivity index (χ1v) is 9.40. The number of nitrogens with one attached hydrogen (secondary N) is 1. The summed E-state index contributed by atoms with van der Waals surface area (Å²) in [6.45, 7) is 0.603. The van der Waals surface area contributed by atoms with Crippen LogP contribution in [0.1, 0.15) is 18.7 Å². The van der Waals surface area contributed by atoms with Gasteiger partial charge in [-0.15, -0.1) is 0 Å². The normalized spacial score (nSPS) is 16.8. The van der Waals surface area contributed by atoms with Crippen LogP contribution in [0.25, 0.3) is 11.5 Å². The molecule has 29 heavy (non-hydrogen) atoms. The molecule has 0 radical (unpaired) electrons. The summed E-state index contributed by atoms with van der Waals surface area (Å²) < 4.78 is 34.4. The second-order valence-corrected chi connectivity index (χ2v) is 6.85. The maximum absolute atomic E-state index is 12.3. The number of piperidine rings is 1. The quantitative estimate of drug-likeness (QED) is 0.666. The Kier molecular flexibility index (Phi) is 5.55. The number of hydrogen-bond acceptors (Lipinski definition) is 7. The SMILES string of the molecule is Cc1noc(-c2cccnc2NC2CCCN(c3ccc(OC(F)F)cc3)C2)n1. The van der Waals surface area contributed by atoms with E-state index in [2.05, 4.69) is 30.1 Å². The van der Waals surface area contributed by atoms with Gasteiger partial charge < -0.3 is 19.5 Å². The van der Waals surface area contributed by atoms with E-state index >= 15 is 0 Å². The average Bonchev–Trinajstić information content (AvgIpc) is 3.15. The molecule has 1 aliphatic heterocycles. The van der Waals surface area contributed by atoms with Gasteiger partial charge in [-0.1, -0.05) is 5.16 Å². The van der Waals surface area contributed by atoms with Gasteiger partial charge in [0, 0.05) is 31.0 Å². The number of aromatic nitrogens is 3. The van der Waals surface area contributed by atoms with Gasteiger partial charge in [0.25, 0.3) is 5.89 Å². The zero-order valence-corrected chi connectivity index (χ0v) is 15.9. The first kappa shape index (κ1) is 19.1. The minimum Gasteiger partial charge on any atom is -0.435 e. The Morgan fingerprint density at radius 2 is 2.07 bits per heavy atom. The molecule has 1 unspecified atom stereocenters. The maximum Gasteiger partial charge on any atom is 0.387 e. The molecule has 0 amide bonds. The van der Waals surface area contributed by atoms with Crippen molar-refractivity contribution in [1.82, 2.24) is 15.1 Å². The Balaban J connectivity index is 1.46. The summed E-state index contributed by atoms with van der Waals surface area (Å²) in [7, 11) is 0. The Morgan fingerprint density at radius 3 is 2.79 bits per heavy atom. The highest BCUT2D eigenvalue weighted by atomic mass is 19.3. The van der Waals surface area contributed by atoms with Gasteiger partial charge in [0.05, 0.1) is 5.56 Å². The molecule has 152 valence electrons. The number of aryl methyl sites for hydroxylation is 1. The lowest BCUT2D eigenvalue weighted by Gasteiger charge is -2.35. The molecule has 9 heteroatoms. The molecule has 1 N–H and O–H groups in total. The van der Waals surface area contributed by atoms with Crippen molar-refractivity contribution in [3.8, 4) is 17.2 Å². The number of pyridine rings is 1. The molecule has 0 spiro atoms. The van der Waals surface area contributed by atoms with Gasteiger partial charge in [0.2, 0.25) is 0 Å². The lowest BCUT2D eigenvalue weighted by molar-refractivity contribution is -0.0498. The van der Waals surface area contributed by atoms with E-state index in [1.807, 2.05) is 12.1 Å². The highest BCUT2D eigenvalue weighted by Crippen LogP contribution is 2.28. The zero-order valence-electron chi connectivity index (χ0n) is 15.9. The number of halogens is 2. The molecular formula is C20H21F2N5O2. The number of rotatable bonds is 6. The molecule has 1 aromatic carbocycles. The Hall–Kier alpha value is -3.23. The van der Waals surface area contributed by atoms with Crippen molar-refractivity contribution in [3.05, 3.63) is 48.4 Å². The molecular weight excluding hydrogens is 380 g/mol. The van der Waals surface area contributed by atoms with Crippen LogP contribution in [0.5, 0.6) is 5.75 Å². The van der Waals surface area contributed by atoms with Crippen molar-refractivity contribution < 1.29 is 18.0 Å². The molecule has 0 saturated carbocycles. The number of alkyl halides is 2. The summed E-state index contributed by atoms with van der Waals surface area (Å²) in [5.41, 5.74) is 1.73. The minimum atomic E-state index is -2.82. The number of anilines is 2. The van der Waals surface area contributed by atoms with Crippen molar-refractivity contribution in [1.29, 1.82) is 0 Å². The van der Waals surface area contributed by atoms with Gasteiger partial charge in [0.15, 0.2) is 5.82 Å². The van der Waals surface area contributed by atoms with Gasteiger partial charge in [-0.3, -0.25) is 0 Å². The van der Waals surface area contributed by atoms with E-state index in [9.17, 15) is 8.78 Å². The molecule has 2 aromatic heterocycles. The molecule has 1 saturated heterocycles. The van der Waals surface area contributed by atoms with Crippen molar-refractivity contribution in [2.75, 3.05) is 23.3 Å². The van der Waals surface area contributed by atoms with Crippen LogP contribution in [-0.4, -0.2) is 40.9 Å². The van der Waals surface area contributed by atoms with E-state index in [0.29, 0.717) is 17.5 Å². The van der Waals surface area contributed by atoms with Crippen molar-refractivity contribution in [3.63, 3.8) is 0 Å². The van der Waals surface area contributed by atoms with Crippen LogP contribution in [0.2, 0.25) is 0 Å². The van der Waals surface area contributed by atoms with E-state index in [-0.39, 0.29) is 11.8 Å². The third-order valence-corrected chi connectivity index (χ3v) is 4.75. The van der Waals surface area contributed by atoms with E-state index < -0.39 is 6.61 Å². The second-order valence-electron chi connectivity index (χ2n) is 6.85. The third-order valence-electron chi connectivity index (χ3n) is 4.75. The monoisotopic (exact) mass is 401 g/mol. The summed E-state index contributed by atoms with van der Waals surface area (Å²) >= 11 is 0. The average molecular weight is 401 g/mol. The summed E-state index contributed by atoms with van der Waals surface area (Å²) in [6.07, 6.45) is 3.70. The fourth-order valence-electron chi connectivity index (χ4n) is 3.46. The standard InChI is InChI=1S/C20H21F2N5O2/c1-13-24-19(29-26-13)17-5-2-10-23-18(17)25-14-4-3-11-27(12-14)15-6-8-16(9-7-15)28-20(21)22/h2,5-10,14,20H,3-4,11-12H2,1H3,(H,23,25). The van der Waals surface area contributed by atoms with Crippen LogP contribution >= 0.6 is 0 Å². The number of hydrogen-bond donors (Lipinski definition) is 1. The Morgan fingerprint density at radius 1 is 1.24 bits per heavy atom. The van der Waals surface area contributed by atoms with E-state index in [0.717, 1.165) is 37.2 Å². The van der Waals surface area contributed by atoms with Gasteiger partial charge in [0.1, 0.15) is 11.6 Å². The summed E-state index contributed by atoms with van der Waals surface area (Å²) in [5, 5.41) is 7.34. The third kappa shape index (κ3) is 4.61.